The molecule has 0 spiro atoms. The van der Waals surface area contributed by atoms with Gasteiger partial charge in [0, 0.05) is 11.8 Å². The molecule has 1 aromatic rings. The molecule has 5 nitrogen and oxygen atoms in total. The molecule has 0 aliphatic carbocycles. The first-order valence-electron chi connectivity index (χ1n) is 4.11. The number of halogens is 1. The molecule has 1 rings (SSSR count). The van der Waals surface area contributed by atoms with Crippen molar-refractivity contribution in [2.24, 2.45) is 0 Å². The molecule has 0 aliphatic heterocycles. The Morgan fingerprint density at radius 3 is 2.80 bits per heavy atom. The molecule has 2 unspecified atom stereocenters. The smallest absolute Gasteiger partial charge is 0.337 e. The van der Waals surface area contributed by atoms with Gasteiger partial charge in [0.2, 0.25) is 0 Å². The third kappa shape index (κ3) is 2.48. The van der Waals surface area contributed by atoms with Gasteiger partial charge in [-0.15, -0.1) is 0 Å². The maximum Gasteiger partial charge on any atom is 0.337 e. The van der Waals surface area contributed by atoms with Crippen molar-refractivity contribution >= 4 is 5.97 Å². The van der Waals surface area contributed by atoms with E-state index in [1.165, 1.54) is 12.3 Å². The lowest BCUT2D eigenvalue weighted by molar-refractivity contribution is -0.156. The topological polar surface area (TPSA) is 79.7 Å². The first-order valence-corrected chi connectivity index (χ1v) is 4.11. The van der Waals surface area contributed by atoms with Gasteiger partial charge in [0.25, 0.3) is 0 Å². The van der Waals surface area contributed by atoms with Crippen LogP contribution in [0.15, 0.2) is 18.5 Å². The van der Waals surface area contributed by atoms with Gasteiger partial charge in [0.15, 0.2) is 6.10 Å². The summed E-state index contributed by atoms with van der Waals surface area (Å²) in [6, 6.07) is 1.17. The molecule has 82 valence electrons. The number of carbonyl (C=O) groups is 1. The van der Waals surface area contributed by atoms with Crippen molar-refractivity contribution in [2.75, 3.05) is 7.11 Å². The Hall–Kier alpha value is -1.53. The summed E-state index contributed by atoms with van der Waals surface area (Å²) in [7, 11) is 1.06. The molecule has 0 radical (unpaired) electrons. The van der Waals surface area contributed by atoms with Crippen LogP contribution in [0.4, 0.5) is 4.39 Å². The van der Waals surface area contributed by atoms with Gasteiger partial charge >= 0.3 is 5.97 Å². The number of methoxy groups -OCH3 is 1. The lowest BCUT2D eigenvalue weighted by atomic mass is 10.1. The number of aliphatic hydroxyl groups is 2. The van der Waals surface area contributed by atoms with Crippen LogP contribution in [0.1, 0.15) is 11.7 Å². The number of nitrogens with zero attached hydrogens (tertiary/aromatic N) is 1. The molecule has 0 bridgehead atoms. The number of esters is 1. The quantitative estimate of drug-likeness (QED) is 0.682. The molecule has 2 atom stereocenters. The molecule has 0 fully saturated rings. The second kappa shape index (κ2) is 4.81. The van der Waals surface area contributed by atoms with Crippen molar-refractivity contribution < 1.29 is 24.1 Å². The van der Waals surface area contributed by atoms with Gasteiger partial charge in [0.05, 0.1) is 13.3 Å². The van der Waals surface area contributed by atoms with Gasteiger partial charge in [-0.3, -0.25) is 4.98 Å². The molecule has 6 heteroatoms. The van der Waals surface area contributed by atoms with Crippen LogP contribution < -0.4 is 0 Å². The zero-order valence-electron chi connectivity index (χ0n) is 7.92. The molecule has 1 aromatic heterocycles. The first-order chi connectivity index (χ1) is 7.07. The van der Waals surface area contributed by atoms with E-state index in [4.69, 9.17) is 0 Å². The minimum Gasteiger partial charge on any atom is -0.467 e. The zero-order valence-corrected chi connectivity index (χ0v) is 7.92. The highest BCUT2D eigenvalue weighted by Gasteiger charge is 2.28. The number of aromatic nitrogens is 1. The Kier molecular flexibility index (Phi) is 3.70. The third-order valence-electron chi connectivity index (χ3n) is 1.86. The lowest BCUT2D eigenvalue weighted by Crippen LogP contribution is -2.29. The second-order valence-electron chi connectivity index (χ2n) is 2.81. The van der Waals surface area contributed by atoms with E-state index < -0.39 is 24.0 Å². The summed E-state index contributed by atoms with van der Waals surface area (Å²) in [5.74, 6) is -1.83. The fourth-order valence-electron chi connectivity index (χ4n) is 1.05. The highest BCUT2D eigenvalue weighted by atomic mass is 19.1. The number of pyridine rings is 1. The molecule has 1 heterocycles. The van der Waals surface area contributed by atoms with Crippen LogP contribution in [0, 0.1) is 5.82 Å². The molecule has 0 aromatic carbocycles. The van der Waals surface area contributed by atoms with Crippen molar-refractivity contribution in [3.8, 4) is 0 Å². The number of hydrogen-bond acceptors (Lipinski definition) is 5. The van der Waals surface area contributed by atoms with E-state index in [1.807, 2.05) is 0 Å². The molecule has 0 saturated heterocycles. The van der Waals surface area contributed by atoms with E-state index in [9.17, 15) is 19.4 Å². The van der Waals surface area contributed by atoms with Gasteiger partial charge in [-0.25, -0.2) is 9.18 Å². The van der Waals surface area contributed by atoms with E-state index >= 15 is 0 Å². The Bertz CT molecular complexity index is 358. The molecular weight excluding hydrogens is 205 g/mol. The summed E-state index contributed by atoms with van der Waals surface area (Å²) < 4.78 is 17.3. The van der Waals surface area contributed by atoms with Gasteiger partial charge in [-0.2, -0.15) is 0 Å². The Morgan fingerprint density at radius 1 is 1.60 bits per heavy atom. The van der Waals surface area contributed by atoms with E-state index in [0.717, 1.165) is 13.3 Å². The van der Waals surface area contributed by atoms with E-state index in [-0.39, 0.29) is 5.56 Å². The fourth-order valence-corrected chi connectivity index (χ4v) is 1.05. The largest absolute Gasteiger partial charge is 0.467 e. The molecule has 0 saturated carbocycles. The molecule has 15 heavy (non-hydrogen) atoms. The van der Waals surface area contributed by atoms with E-state index in [0.29, 0.717) is 0 Å². The van der Waals surface area contributed by atoms with Crippen LogP contribution in [0.25, 0.3) is 0 Å². The summed E-state index contributed by atoms with van der Waals surface area (Å²) in [4.78, 5) is 14.3. The number of rotatable bonds is 3. The highest BCUT2D eigenvalue weighted by molar-refractivity contribution is 5.75. The van der Waals surface area contributed by atoms with E-state index in [2.05, 4.69) is 9.72 Å². The summed E-state index contributed by atoms with van der Waals surface area (Å²) in [6.07, 6.45) is -1.36. The lowest BCUT2D eigenvalue weighted by Gasteiger charge is -2.15. The average molecular weight is 215 g/mol. The van der Waals surface area contributed by atoms with Crippen LogP contribution >= 0.6 is 0 Å². The average Bonchev–Trinajstić information content (AvgIpc) is 2.26. The first kappa shape index (κ1) is 11.5. The Labute approximate surface area is 85.1 Å². The van der Waals surface area contributed by atoms with Crippen molar-refractivity contribution in [1.29, 1.82) is 0 Å². The zero-order chi connectivity index (χ0) is 11.4. The summed E-state index contributed by atoms with van der Waals surface area (Å²) >= 11 is 0. The Balaban J connectivity index is 2.89. The van der Waals surface area contributed by atoms with Crippen molar-refractivity contribution in [2.45, 2.75) is 12.2 Å². The van der Waals surface area contributed by atoms with E-state index in [1.54, 1.807) is 0 Å². The maximum atomic E-state index is 13.1. The number of ether oxygens (including phenoxy) is 1. The summed E-state index contributed by atoms with van der Waals surface area (Å²) in [5.41, 5.74) is -0.206. The van der Waals surface area contributed by atoms with Crippen molar-refractivity contribution in [3.63, 3.8) is 0 Å². The number of hydrogen-bond donors (Lipinski definition) is 2. The minimum absolute atomic E-state index is 0.206. The molecule has 0 aliphatic rings. The van der Waals surface area contributed by atoms with Crippen LogP contribution in [-0.2, 0) is 9.53 Å². The number of aliphatic hydroxyl groups excluding tert-OH is 2. The molecule has 0 amide bonds. The van der Waals surface area contributed by atoms with Crippen LogP contribution in [-0.4, -0.2) is 34.4 Å². The van der Waals surface area contributed by atoms with Crippen molar-refractivity contribution in [3.05, 3.63) is 29.8 Å². The van der Waals surface area contributed by atoms with Crippen LogP contribution in [0.2, 0.25) is 0 Å². The van der Waals surface area contributed by atoms with Gasteiger partial charge in [-0.05, 0) is 6.07 Å². The summed E-state index contributed by atoms with van der Waals surface area (Å²) in [5, 5.41) is 18.7. The SMILES string of the molecule is COC(=O)C(O)C(O)c1ccncc1F. The van der Waals surface area contributed by atoms with Crippen LogP contribution in [0.5, 0.6) is 0 Å². The second-order valence-corrected chi connectivity index (χ2v) is 2.81. The van der Waals surface area contributed by atoms with Crippen molar-refractivity contribution in [1.82, 2.24) is 4.98 Å². The predicted octanol–water partition coefficient (Wildman–Crippen LogP) is -0.212. The fraction of sp³-hybridized carbons (Fsp3) is 0.333. The third-order valence-corrected chi connectivity index (χ3v) is 1.86. The van der Waals surface area contributed by atoms with Gasteiger partial charge in [-0.1, -0.05) is 0 Å². The highest BCUT2D eigenvalue weighted by Crippen LogP contribution is 2.19. The monoisotopic (exact) mass is 215 g/mol. The minimum atomic E-state index is -1.81. The Morgan fingerprint density at radius 2 is 2.27 bits per heavy atom. The van der Waals surface area contributed by atoms with Crippen LogP contribution in [0.3, 0.4) is 0 Å². The van der Waals surface area contributed by atoms with Gasteiger partial charge < -0.3 is 14.9 Å². The molecular formula is C9H10FNO4. The standard InChI is InChI=1S/C9H10FNO4/c1-15-9(14)8(13)7(12)5-2-3-11-4-6(5)10/h2-4,7-8,12-13H,1H3. The number of carbonyl (C=O) groups excluding carboxylic acids is 1. The predicted molar refractivity (Wildman–Crippen MR) is 47.2 cm³/mol. The van der Waals surface area contributed by atoms with Gasteiger partial charge in [0.1, 0.15) is 11.9 Å². The maximum absolute atomic E-state index is 13.1. The molecule has 2 N–H and O–H groups in total. The summed E-state index contributed by atoms with van der Waals surface area (Å²) in [6.45, 7) is 0. The normalized spacial score (nSPS) is 14.4.